The Hall–Kier alpha value is -2.47. The zero-order valence-electron chi connectivity index (χ0n) is 10.7. The molecule has 2 aromatic rings. The van der Waals surface area contributed by atoms with E-state index in [-0.39, 0.29) is 11.6 Å². The number of ether oxygens (including phenoxy) is 1. The predicted molar refractivity (Wildman–Crippen MR) is 76.3 cm³/mol. The van der Waals surface area contributed by atoms with Crippen LogP contribution in [-0.2, 0) is 11.3 Å². The van der Waals surface area contributed by atoms with Gasteiger partial charge in [0, 0.05) is 30.2 Å². The second-order valence-corrected chi connectivity index (χ2v) is 3.80. The molecule has 6 heteroatoms. The van der Waals surface area contributed by atoms with E-state index in [0.29, 0.717) is 12.3 Å². The minimum atomic E-state index is 0.0347. The van der Waals surface area contributed by atoms with E-state index in [1.54, 1.807) is 25.3 Å². The molecule has 0 radical (unpaired) electrons. The predicted octanol–water partition coefficient (Wildman–Crippen LogP) is 1.37. The quantitative estimate of drug-likeness (QED) is 0.606. The van der Waals surface area contributed by atoms with Crippen LogP contribution in [0.1, 0.15) is 5.56 Å². The van der Waals surface area contributed by atoms with Crippen molar-refractivity contribution in [2.75, 3.05) is 24.3 Å². The zero-order valence-corrected chi connectivity index (χ0v) is 10.7. The summed E-state index contributed by atoms with van der Waals surface area (Å²) in [6, 6.07) is 8.48. The first-order valence-electron chi connectivity index (χ1n) is 5.57. The number of nitrogens with zero attached hydrogens (tertiary/aromatic N) is 1. The van der Waals surface area contributed by atoms with E-state index in [4.69, 9.17) is 27.0 Å². The number of aromatic nitrogens is 1. The van der Waals surface area contributed by atoms with Gasteiger partial charge in [0.25, 0.3) is 0 Å². The summed E-state index contributed by atoms with van der Waals surface area (Å²) in [6.07, 6.45) is 1.52. The summed E-state index contributed by atoms with van der Waals surface area (Å²) in [5.41, 5.74) is 18.7. The molecule has 0 aliphatic heterocycles. The standard InChI is InChI=1S/C8H12N2O.C5H6N2O/c1-11-5-6-4-7(9)2-3-8(6)10;6-5-4(8)2-1-3-7-5/h2-4H,5,9-10H2,1H3;1-3,8H,(H2,6,7). The molecule has 0 aliphatic carbocycles. The highest BCUT2D eigenvalue weighted by atomic mass is 16.5. The summed E-state index contributed by atoms with van der Waals surface area (Å²) in [5, 5.41) is 8.73. The van der Waals surface area contributed by atoms with Crippen LogP contribution in [-0.4, -0.2) is 17.2 Å². The molecule has 0 bridgehead atoms. The third-order valence-corrected chi connectivity index (χ3v) is 2.28. The zero-order chi connectivity index (χ0) is 14.3. The van der Waals surface area contributed by atoms with Crippen LogP contribution in [0.5, 0.6) is 5.75 Å². The van der Waals surface area contributed by atoms with Crippen molar-refractivity contribution in [2.45, 2.75) is 6.61 Å². The molecule has 6 nitrogen and oxygen atoms in total. The van der Waals surface area contributed by atoms with E-state index in [9.17, 15) is 0 Å². The molecule has 0 amide bonds. The fourth-order valence-corrected chi connectivity index (χ4v) is 1.32. The smallest absolute Gasteiger partial charge is 0.165 e. The summed E-state index contributed by atoms with van der Waals surface area (Å²) >= 11 is 0. The summed E-state index contributed by atoms with van der Waals surface area (Å²) in [4.78, 5) is 3.61. The number of aromatic hydroxyl groups is 1. The lowest BCUT2D eigenvalue weighted by atomic mass is 10.2. The highest BCUT2D eigenvalue weighted by molar-refractivity contribution is 5.54. The van der Waals surface area contributed by atoms with Gasteiger partial charge in [-0.15, -0.1) is 0 Å². The van der Waals surface area contributed by atoms with Gasteiger partial charge in [-0.1, -0.05) is 0 Å². The van der Waals surface area contributed by atoms with E-state index >= 15 is 0 Å². The molecule has 19 heavy (non-hydrogen) atoms. The molecule has 1 aromatic carbocycles. The van der Waals surface area contributed by atoms with Crippen LogP contribution in [0.3, 0.4) is 0 Å². The molecule has 0 fully saturated rings. The molecular weight excluding hydrogens is 244 g/mol. The topological polar surface area (TPSA) is 120 Å². The van der Waals surface area contributed by atoms with Crippen LogP contribution in [0.2, 0.25) is 0 Å². The van der Waals surface area contributed by atoms with Gasteiger partial charge in [0.15, 0.2) is 11.6 Å². The third-order valence-electron chi connectivity index (χ3n) is 2.28. The van der Waals surface area contributed by atoms with Crippen molar-refractivity contribution in [1.82, 2.24) is 4.98 Å². The summed E-state index contributed by atoms with van der Waals surface area (Å²) in [6.45, 7) is 0.511. The van der Waals surface area contributed by atoms with E-state index in [1.165, 1.54) is 12.3 Å². The number of nitrogen functional groups attached to an aromatic ring is 3. The van der Waals surface area contributed by atoms with Gasteiger partial charge in [0.05, 0.1) is 6.61 Å². The molecule has 0 saturated heterocycles. The van der Waals surface area contributed by atoms with Crippen molar-refractivity contribution >= 4 is 17.2 Å². The number of anilines is 3. The number of hydrogen-bond acceptors (Lipinski definition) is 6. The van der Waals surface area contributed by atoms with E-state index in [1.807, 2.05) is 6.07 Å². The van der Waals surface area contributed by atoms with E-state index in [2.05, 4.69) is 4.98 Å². The lowest BCUT2D eigenvalue weighted by Crippen LogP contribution is -1.97. The van der Waals surface area contributed by atoms with Crippen LogP contribution < -0.4 is 17.2 Å². The Balaban J connectivity index is 0.000000200. The first-order valence-corrected chi connectivity index (χ1v) is 5.57. The number of nitrogens with two attached hydrogens (primary N) is 3. The Morgan fingerprint density at radius 3 is 2.47 bits per heavy atom. The SMILES string of the molecule is COCc1cc(N)ccc1N.Nc1ncccc1O. The van der Waals surface area contributed by atoms with Crippen molar-refractivity contribution < 1.29 is 9.84 Å². The maximum atomic E-state index is 8.73. The van der Waals surface area contributed by atoms with Gasteiger partial charge < -0.3 is 27.0 Å². The highest BCUT2D eigenvalue weighted by Gasteiger charge is 1.97. The second kappa shape index (κ2) is 7.07. The molecule has 1 heterocycles. The van der Waals surface area contributed by atoms with Crippen molar-refractivity contribution in [3.05, 3.63) is 42.1 Å². The van der Waals surface area contributed by atoms with Crippen LogP contribution >= 0.6 is 0 Å². The number of hydrogen-bond donors (Lipinski definition) is 4. The Labute approximate surface area is 111 Å². The number of rotatable bonds is 2. The molecule has 102 valence electrons. The number of pyridine rings is 1. The van der Waals surface area contributed by atoms with Gasteiger partial charge in [-0.2, -0.15) is 0 Å². The summed E-state index contributed by atoms with van der Waals surface area (Å²) in [7, 11) is 1.63. The molecule has 2 rings (SSSR count). The fourth-order valence-electron chi connectivity index (χ4n) is 1.32. The van der Waals surface area contributed by atoms with Gasteiger partial charge in [0.2, 0.25) is 0 Å². The minimum Gasteiger partial charge on any atom is -0.504 e. The molecule has 0 unspecified atom stereocenters. The molecule has 0 spiro atoms. The molecule has 7 N–H and O–H groups in total. The average Bonchev–Trinajstić information content (AvgIpc) is 2.39. The van der Waals surface area contributed by atoms with Gasteiger partial charge >= 0.3 is 0 Å². The first kappa shape index (κ1) is 14.6. The minimum absolute atomic E-state index is 0.0347. The lowest BCUT2D eigenvalue weighted by Gasteiger charge is -2.04. The van der Waals surface area contributed by atoms with Gasteiger partial charge in [0.1, 0.15) is 0 Å². The summed E-state index contributed by atoms with van der Waals surface area (Å²) in [5.74, 6) is 0.208. The van der Waals surface area contributed by atoms with Gasteiger partial charge in [-0.05, 0) is 30.3 Å². The first-order chi connectivity index (χ1) is 9.04. The normalized spacial score (nSPS) is 9.53. The lowest BCUT2D eigenvalue weighted by molar-refractivity contribution is 0.185. The van der Waals surface area contributed by atoms with E-state index < -0.39 is 0 Å². The maximum absolute atomic E-state index is 8.73. The molecular formula is C13H18N4O2. The van der Waals surface area contributed by atoms with Crippen LogP contribution in [0, 0.1) is 0 Å². The largest absolute Gasteiger partial charge is 0.504 e. The second-order valence-electron chi connectivity index (χ2n) is 3.80. The third kappa shape index (κ3) is 4.72. The van der Waals surface area contributed by atoms with Crippen molar-refractivity contribution in [3.8, 4) is 5.75 Å². The van der Waals surface area contributed by atoms with Crippen molar-refractivity contribution in [3.63, 3.8) is 0 Å². The number of methoxy groups -OCH3 is 1. The Bertz CT molecular complexity index is 511. The van der Waals surface area contributed by atoms with Crippen LogP contribution in [0.25, 0.3) is 0 Å². The van der Waals surface area contributed by atoms with Crippen molar-refractivity contribution in [1.29, 1.82) is 0 Å². The molecule has 0 aliphatic rings. The molecule has 0 saturated carbocycles. The van der Waals surface area contributed by atoms with Crippen LogP contribution in [0.15, 0.2) is 36.5 Å². The Kier molecular flexibility index (Phi) is 5.43. The maximum Gasteiger partial charge on any atom is 0.165 e. The van der Waals surface area contributed by atoms with Crippen molar-refractivity contribution in [2.24, 2.45) is 0 Å². The average molecular weight is 262 g/mol. The van der Waals surface area contributed by atoms with Gasteiger partial charge in [-0.25, -0.2) is 4.98 Å². The van der Waals surface area contributed by atoms with E-state index in [0.717, 1.165) is 11.3 Å². The Morgan fingerprint density at radius 2 is 1.95 bits per heavy atom. The molecule has 0 atom stereocenters. The Morgan fingerprint density at radius 1 is 1.21 bits per heavy atom. The number of benzene rings is 1. The highest BCUT2D eigenvalue weighted by Crippen LogP contribution is 2.15. The van der Waals surface area contributed by atoms with Crippen LogP contribution in [0.4, 0.5) is 17.2 Å². The fraction of sp³-hybridized carbons (Fsp3) is 0.154. The van der Waals surface area contributed by atoms with Gasteiger partial charge in [-0.3, -0.25) is 0 Å². The monoisotopic (exact) mass is 262 g/mol. The molecule has 1 aromatic heterocycles. The summed E-state index contributed by atoms with van der Waals surface area (Å²) < 4.78 is 4.93.